The molecule has 0 aromatic carbocycles. The highest BCUT2D eigenvalue weighted by Crippen LogP contribution is 2.20. The molecule has 1 aromatic heterocycles. The third kappa shape index (κ3) is 2.72. The van der Waals surface area contributed by atoms with Crippen LogP contribution in [0.3, 0.4) is 0 Å². The number of hydrogen-bond donors (Lipinski definition) is 1. The smallest absolute Gasteiger partial charge is 0.253 e. The number of aromatic nitrogens is 1. The Kier molecular flexibility index (Phi) is 4.04. The molecule has 0 aliphatic carbocycles. The van der Waals surface area contributed by atoms with E-state index in [0.29, 0.717) is 12.6 Å². The summed E-state index contributed by atoms with van der Waals surface area (Å²) in [7, 11) is 1.99. The van der Waals surface area contributed by atoms with E-state index in [2.05, 4.69) is 14.8 Å². The lowest BCUT2D eigenvalue weighted by Crippen LogP contribution is -2.50. The van der Waals surface area contributed by atoms with Gasteiger partial charge in [0, 0.05) is 18.4 Å². The van der Waals surface area contributed by atoms with Gasteiger partial charge in [0.1, 0.15) is 0 Å². The number of carbonyl (C=O) groups excluding carboxylic acids is 1. The Morgan fingerprint density at radius 3 is 2.62 bits per heavy atom. The second-order valence-corrected chi connectivity index (χ2v) is 6.27. The average molecular weight is 291 g/mol. The third-order valence-electron chi connectivity index (χ3n) is 5.00. The van der Waals surface area contributed by atoms with Gasteiger partial charge < -0.3 is 14.6 Å². The van der Waals surface area contributed by atoms with Crippen LogP contribution in [0.1, 0.15) is 34.6 Å². The summed E-state index contributed by atoms with van der Waals surface area (Å²) in [5.74, 6) is 0.0240. The minimum Gasteiger partial charge on any atom is -0.378 e. The second kappa shape index (κ2) is 5.81. The highest BCUT2D eigenvalue weighted by molar-refractivity contribution is 5.96. The Hall–Kier alpha value is -1.33. The maximum Gasteiger partial charge on any atom is 0.253 e. The molecule has 1 N–H and O–H groups in total. The van der Waals surface area contributed by atoms with E-state index in [1.54, 1.807) is 0 Å². The van der Waals surface area contributed by atoms with Gasteiger partial charge in [-0.2, -0.15) is 0 Å². The van der Waals surface area contributed by atoms with Crippen molar-refractivity contribution < 1.29 is 9.53 Å². The van der Waals surface area contributed by atoms with Crippen molar-refractivity contribution in [2.24, 2.45) is 7.05 Å². The fourth-order valence-electron chi connectivity index (χ4n) is 3.45. The van der Waals surface area contributed by atoms with E-state index in [9.17, 15) is 4.79 Å². The molecule has 0 spiro atoms. The van der Waals surface area contributed by atoms with Crippen LogP contribution in [-0.2, 0) is 11.8 Å². The topological polar surface area (TPSA) is 46.5 Å². The Bertz CT molecular complexity index is 532. The van der Waals surface area contributed by atoms with Crippen molar-refractivity contribution in [2.45, 2.75) is 38.8 Å². The number of rotatable bonds is 3. The van der Waals surface area contributed by atoms with Crippen molar-refractivity contribution in [3.8, 4) is 0 Å². The molecule has 1 aromatic rings. The first kappa shape index (κ1) is 14.6. The Labute approximate surface area is 126 Å². The van der Waals surface area contributed by atoms with Gasteiger partial charge in [-0.3, -0.25) is 9.69 Å². The van der Waals surface area contributed by atoms with Crippen molar-refractivity contribution in [3.05, 3.63) is 23.0 Å². The number of hydrogen-bond acceptors (Lipinski definition) is 3. The van der Waals surface area contributed by atoms with Gasteiger partial charge in [-0.15, -0.1) is 0 Å². The predicted molar refractivity (Wildman–Crippen MR) is 81.6 cm³/mol. The van der Waals surface area contributed by atoms with Crippen molar-refractivity contribution in [2.75, 3.05) is 26.3 Å². The van der Waals surface area contributed by atoms with Gasteiger partial charge in [0.25, 0.3) is 5.91 Å². The van der Waals surface area contributed by atoms with Crippen LogP contribution >= 0.6 is 0 Å². The quantitative estimate of drug-likeness (QED) is 0.911. The first-order valence-corrected chi connectivity index (χ1v) is 7.83. The van der Waals surface area contributed by atoms with Gasteiger partial charge in [0.05, 0.1) is 30.9 Å². The van der Waals surface area contributed by atoms with E-state index in [4.69, 9.17) is 4.74 Å². The first-order chi connectivity index (χ1) is 10.1. The van der Waals surface area contributed by atoms with Crippen molar-refractivity contribution in [3.63, 3.8) is 0 Å². The van der Waals surface area contributed by atoms with Gasteiger partial charge in [-0.05, 0) is 45.8 Å². The first-order valence-electron chi connectivity index (χ1n) is 7.83. The minimum absolute atomic E-state index is 0.0240. The number of ether oxygens (including phenoxy) is 1. The lowest BCUT2D eigenvalue weighted by molar-refractivity contribution is 0.0916. The summed E-state index contributed by atoms with van der Waals surface area (Å²) in [5.41, 5.74) is 2.90. The monoisotopic (exact) mass is 291 g/mol. The van der Waals surface area contributed by atoms with Crippen LogP contribution in [0.15, 0.2) is 6.07 Å². The number of nitrogens with one attached hydrogen (secondary N) is 1. The van der Waals surface area contributed by atoms with Crippen LogP contribution in [0.2, 0.25) is 0 Å². The maximum absolute atomic E-state index is 12.5. The molecule has 0 bridgehead atoms. The molecule has 0 saturated carbocycles. The standard InChI is InChI=1S/C16H25N3O2/c1-11-8-13(12(2)18(11)3)16(20)17-14-9-21-10-15(14)19-6-4-5-7-19/h8,14-15H,4-7,9-10H2,1-3H3,(H,17,20)/t14-,15-/m1/s1. The highest BCUT2D eigenvalue weighted by atomic mass is 16.5. The van der Waals surface area contributed by atoms with E-state index in [1.807, 2.05) is 27.0 Å². The summed E-state index contributed by atoms with van der Waals surface area (Å²) >= 11 is 0. The summed E-state index contributed by atoms with van der Waals surface area (Å²) in [5, 5.41) is 3.18. The lowest BCUT2D eigenvalue weighted by Gasteiger charge is -2.27. The SMILES string of the molecule is Cc1cc(C(=O)N[C@@H]2COC[C@H]2N2CCCC2)c(C)n1C. The molecule has 2 atom stereocenters. The number of aryl methyl sites for hydroxylation is 1. The van der Waals surface area contributed by atoms with Crippen molar-refractivity contribution in [1.29, 1.82) is 0 Å². The molecule has 2 saturated heterocycles. The third-order valence-corrected chi connectivity index (χ3v) is 5.00. The summed E-state index contributed by atoms with van der Waals surface area (Å²) < 4.78 is 7.67. The molecule has 0 radical (unpaired) electrons. The van der Waals surface area contributed by atoms with Crippen LogP contribution < -0.4 is 5.32 Å². The molecule has 2 aliphatic heterocycles. The lowest BCUT2D eigenvalue weighted by atomic mass is 10.1. The van der Waals surface area contributed by atoms with Gasteiger partial charge in [0.2, 0.25) is 0 Å². The molecular formula is C16H25N3O2. The van der Waals surface area contributed by atoms with Crippen LogP contribution in [0, 0.1) is 13.8 Å². The number of likely N-dealkylation sites (tertiary alicyclic amines) is 1. The normalized spacial score (nSPS) is 26.4. The molecule has 5 nitrogen and oxygen atoms in total. The van der Waals surface area contributed by atoms with E-state index >= 15 is 0 Å². The van der Waals surface area contributed by atoms with E-state index < -0.39 is 0 Å². The zero-order valence-electron chi connectivity index (χ0n) is 13.2. The molecule has 3 rings (SSSR count). The van der Waals surface area contributed by atoms with Gasteiger partial charge in [-0.25, -0.2) is 0 Å². The van der Waals surface area contributed by atoms with Gasteiger partial charge >= 0.3 is 0 Å². The predicted octanol–water partition coefficient (Wildman–Crippen LogP) is 1.23. The highest BCUT2D eigenvalue weighted by Gasteiger charge is 2.35. The van der Waals surface area contributed by atoms with Crippen LogP contribution in [0.5, 0.6) is 0 Å². The summed E-state index contributed by atoms with van der Waals surface area (Å²) in [6, 6.07) is 2.41. The zero-order valence-corrected chi connectivity index (χ0v) is 13.2. The summed E-state index contributed by atoms with van der Waals surface area (Å²) in [6.07, 6.45) is 2.52. The number of nitrogens with zero attached hydrogens (tertiary/aromatic N) is 2. The Balaban J connectivity index is 1.70. The largest absolute Gasteiger partial charge is 0.378 e. The van der Waals surface area contributed by atoms with Crippen molar-refractivity contribution >= 4 is 5.91 Å². The molecule has 1 amide bonds. The maximum atomic E-state index is 12.5. The zero-order chi connectivity index (χ0) is 15.0. The fraction of sp³-hybridized carbons (Fsp3) is 0.688. The molecule has 21 heavy (non-hydrogen) atoms. The van der Waals surface area contributed by atoms with Crippen LogP contribution in [0.25, 0.3) is 0 Å². The van der Waals surface area contributed by atoms with E-state index in [-0.39, 0.29) is 11.9 Å². The average Bonchev–Trinajstić information content (AvgIpc) is 3.16. The van der Waals surface area contributed by atoms with E-state index in [1.165, 1.54) is 12.8 Å². The molecule has 116 valence electrons. The van der Waals surface area contributed by atoms with Gasteiger partial charge in [0.15, 0.2) is 0 Å². The summed E-state index contributed by atoms with van der Waals surface area (Å²) in [6.45, 7) is 7.63. The molecule has 5 heteroatoms. The van der Waals surface area contributed by atoms with Crippen molar-refractivity contribution in [1.82, 2.24) is 14.8 Å². The van der Waals surface area contributed by atoms with E-state index in [0.717, 1.165) is 36.6 Å². The molecule has 2 aliphatic rings. The number of carbonyl (C=O) groups is 1. The van der Waals surface area contributed by atoms with Crippen LogP contribution in [-0.4, -0.2) is 53.8 Å². The molecular weight excluding hydrogens is 266 g/mol. The van der Waals surface area contributed by atoms with Gasteiger partial charge in [-0.1, -0.05) is 0 Å². The number of amides is 1. The van der Waals surface area contributed by atoms with Crippen LogP contribution in [0.4, 0.5) is 0 Å². The molecule has 0 unspecified atom stereocenters. The Morgan fingerprint density at radius 2 is 2.00 bits per heavy atom. The minimum atomic E-state index is 0.0240. The Morgan fingerprint density at radius 1 is 1.29 bits per heavy atom. The summed E-state index contributed by atoms with van der Waals surface area (Å²) in [4.78, 5) is 15.0. The second-order valence-electron chi connectivity index (χ2n) is 6.27. The molecule has 3 heterocycles. The molecule has 2 fully saturated rings. The fourth-order valence-corrected chi connectivity index (χ4v) is 3.45.